The Balaban J connectivity index is 1.60. The predicted molar refractivity (Wildman–Crippen MR) is 204 cm³/mol. The zero-order valence-electron chi connectivity index (χ0n) is 29.2. The molecule has 2 N–H and O–H groups in total. The molecule has 0 aliphatic rings. The molecule has 0 radical (unpaired) electrons. The van der Waals surface area contributed by atoms with Crippen molar-refractivity contribution in [2.45, 2.75) is 66.2 Å². The molecular weight excluding hydrogens is 588 g/mol. The van der Waals surface area contributed by atoms with E-state index in [0.29, 0.717) is 11.1 Å². The molecule has 6 aromatic carbocycles. The lowest BCUT2D eigenvalue weighted by atomic mass is 9.85. The summed E-state index contributed by atoms with van der Waals surface area (Å²) in [5, 5.41) is 26.4. The number of rotatable bonds is 5. The minimum Gasteiger partial charge on any atom is -0.507 e. The van der Waals surface area contributed by atoms with Crippen LogP contribution in [-0.2, 0) is 10.8 Å². The standard InChI is InChI=1S/C44H44N2O2/c1-27-21-33(43(3,4)5)23-31(41(27)47)25-45-37-19-17-29-13-9-11-15-35(29)39(37)40-36-16-12-10-14-30(36)18-20-38(40)46-26-32-24-34(44(6,7)8)22-28(2)42(32)48/h9-26,47-48H,1-8H3. The number of fused-ring (bicyclic) bond motifs is 2. The molecule has 0 aliphatic heterocycles. The first kappa shape index (κ1) is 32.7. The van der Waals surface area contributed by atoms with Crippen molar-refractivity contribution in [2.75, 3.05) is 0 Å². The van der Waals surface area contributed by atoms with Crippen LogP contribution in [0.25, 0.3) is 32.7 Å². The van der Waals surface area contributed by atoms with Gasteiger partial charge in [0, 0.05) is 34.7 Å². The number of phenolic OH excluding ortho intramolecular Hbond substituents is 2. The van der Waals surface area contributed by atoms with Crippen molar-refractivity contribution in [3.05, 3.63) is 130 Å². The summed E-state index contributed by atoms with van der Waals surface area (Å²) in [5.74, 6) is 0.467. The molecule has 0 amide bonds. The third kappa shape index (κ3) is 6.35. The normalized spacial score (nSPS) is 12.6. The van der Waals surface area contributed by atoms with Crippen LogP contribution in [0, 0.1) is 13.8 Å². The predicted octanol–water partition coefficient (Wildman–Crippen LogP) is 11.8. The summed E-state index contributed by atoms with van der Waals surface area (Å²) in [5.41, 5.74) is 8.58. The van der Waals surface area contributed by atoms with E-state index in [1.807, 2.05) is 74.5 Å². The van der Waals surface area contributed by atoms with Gasteiger partial charge in [-0.1, -0.05) is 114 Å². The third-order valence-electron chi connectivity index (χ3n) is 9.14. The molecule has 0 aliphatic carbocycles. The average molecular weight is 633 g/mol. The van der Waals surface area contributed by atoms with Crippen LogP contribution < -0.4 is 0 Å². The van der Waals surface area contributed by atoms with Crippen molar-refractivity contribution in [3.8, 4) is 22.6 Å². The van der Waals surface area contributed by atoms with Gasteiger partial charge in [0.25, 0.3) is 0 Å². The van der Waals surface area contributed by atoms with E-state index in [-0.39, 0.29) is 22.3 Å². The summed E-state index contributed by atoms with van der Waals surface area (Å²) in [6.45, 7) is 16.9. The molecule has 4 nitrogen and oxygen atoms in total. The maximum absolute atomic E-state index is 11.1. The van der Waals surface area contributed by atoms with E-state index in [9.17, 15) is 10.2 Å². The highest BCUT2D eigenvalue weighted by atomic mass is 16.3. The van der Waals surface area contributed by atoms with Crippen LogP contribution in [0.15, 0.2) is 107 Å². The van der Waals surface area contributed by atoms with Crippen molar-refractivity contribution >= 4 is 45.3 Å². The Morgan fingerprint density at radius 3 is 1.25 bits per heavy atom. The van der Waals surface area contributed by atoms with Crippen molar-refractivity contribution < 1.29 is 10.2 Å². The van der Waals surface area contributed by atoms with E-state index in [0.717, 1.165) is 66.3 Å². The summed E-state index contributed by atoms with van der Waals surface area (Å²) >= 11 is 0. The van der Waals surface area contributed by atoms with E-state index < -0.39 is 0 Å². The maximum atomic E-state index is 11.1. The van der Waals surface area contributed by atoms with Crippen LogP contribution in [-0.4, -0.2) is 22.6 Å². The molecule has 6 rings (SSSR count). The molecule has 0 heterocycles. The van der Waals surface area contributed by atoms with Gasteiger partial charge >= 0.3 is 0 Å². The maximum Gasteiger partial charge on any atom is 0.127 e. The molecule has 0 bridgehead atoms. The second-order valence-electron chi connectivity index (χ2n) is 14.8. The topological polar surface area (TPSA) is 65.2 Å². The van der Waals surface area contributed by atoms with Crippen LogP contribution in [0.3, 0.4) is 0 Å². The highest BCUT2D eigenvalue weighted by Gasteiger charge is 2.20. The SMILES string of the molecule is Cc1cc(C(C)(C)C)cc(C=Nc2ccc3ccccc3c2-c2c(N=Cc3cc(C(C)(C)C)cc(C)c3O)ccc3ccccc23)c1O. The summed E-state index contributed by atoms with van der Waals surface area (Å²) in [6, 6.07) is 33.1. The Morgan fingerprint density at radius 2 is 0.875 bits per heavy atom. The molecule has 4 heteroatoms. The lowest BCUT2D eigenvalue weighted by Crippen LogP contribution is -2.12. The fourth-order valence-corrected chi connectivity index (χ4v) is 6.22. The molecule has 0 saturated heterocycles. The summed E-state index contributed by atoms with van der Waals surface area (Å²) in [6.07, 6.45) is 3.55. The minimum absolute atomic E-state index is 0.0790. The first-order chi connectivity index (χ1) is 22.7. The van der Waals surface area contributed by atoms with Gasteiger partial charge in [0.15, 0.2) is 0 Å². The van der Waals surface area contributed by atoms with Crippen LogP contribution in [0.2, 0.25) is 0 Å². The number of aryl methyl sites for hydroxylation is 2. The minimum atomic E-state index is -0.0790. The van der Waals surface area contributed by atoms with E-state index in [1.165, 1.54) is 0 Å². The van der Waals surface area contributed by atoms with Gasteiger partial charge in [0.1, 0.15) is 11.5 Å². The fourth-order valence-electron chi connectivity index (χ4n) is 6.22. The molecule has 0 atom stereocenters. The summed E-state index contributed by atoms with van der Waals surface area (Å²) in [4.78, 5) is 10.2. The molecule has 0 aromatic heterocycles. The number of aromatic hydroxyl groups is 2. The molecular formula is C44H44N2O2. The number of nitrogens with zero attached hydrogens (tertiary/aromatic N) is 2. The van der Waals surface area contributed by atoms with Gasteiger partial charge in [0.05, 0.1) is 11.4 Å². The van der Waals surface area contributed by atoms with Gasteiger partial charge in [-0.15, -0.1) is 0 Å². The lowest BCUT2D eigenvalue weighted by Gasteiger charge is -2.21. The number of phenols is 2. The number of hydrogen-bond acceptors (Lipinski definition) is 4. The zero-order valence-corrected chi connectivity index (χ0v) is 29.2. The van der Waals surface area contributed by atoms with Crippen molar-refractivity contribution in [1.82, 2.24) is 0 Å². The molecule has 6 aromatic rings. The van der Waals surface area contributed by atoms with Crippen molar-refractivity contribution in [3.63, 3.8) is 0 Å². The Morgan fingerprint density at radius 1 is 0.500 bits per heavy atom. The summed E-state index contributed by atoms with van der Waals surface area (Å²) in [7, 11) is 0. The van der Waals surface area contributed by atoms with Gasteiger partial charge < -0.3 is 10.2 Å². The number of benzene rings is 6. The number of aliphatic imine (C=N–C) groups is 2. The first-order valence-corrected chi connectivity index (χ1v) is 16.5. The Hall–Kier alpha value is -5.22. The molecule has 0 spiro atoms. The van der Waals surface area contributed by atoms with Gasteiger partial charge in [0.2, 0.25) is 0 Å². The second-order valence-corrected chi connectivity index (χ2v) is 14.8. The van der Waals surface area contributed by atoms with Gasteiger partial charge in [-0.25, -0.2) is 0 Å². The second kappa shape index (κ2) is 12.4. The third-order valence-corrected chi connectivity index (χ3v) is 9.14. The van der Waals surface area contributed by atoms with Crippen molar-refractivity contribution in [1.29, 1.82) is 0 Å². The summed E-state index contributed by atoms with van der Waals surface area (Å²) < 4.78 is 0. The monoisotopic (exact) mass is 632 g/mol. The van der Waals surface area contributed by atoms with E-state index in [2.05, 4.69) is 77.9 Å². The first-order valence-electron chi connectivity index (χ1n) is 16.5. The van der Waals surface area contributed by atoms with Crippen LogP contribution in [0.1, 0.15) is 74.9 Å². The van der Waals surface area contributed by atoms with Gasteiger partial charge in [-0.2, -0.15) is 0 Å². The lowest BCUT2D eigenvalue weighted by molar-refractivity contribution is 0.468. The van der Waals surface area contributed by atoms with E-state index in [4.69, 9.17) is 9.98 Å². The molecule has 0 saturated carbocycles. The average Bonchev–Trinajstić information content (AvgIpc) is 3.04. The Kier molecular flexibility index (Phi) is 8.47. The zero-order chi connectivity index (χ0) is 34.4. The van der Waals surface area contributed by atoms with Crippen molar-refractivity contribution in [2.24, 2.45) is 9.98 Å². The highest BCUT2D eigenvalue weighted by molar-refractivity contribution is 6.13. The van der Waals surface area contributed by atoms with Gasteiger partial charge in [-0.3, -0.25) is 9.98 Å². The van der Waals surface area contributed by atoms with E-state index >= 15 is 0 Å². The van der Waals surface area contributed by atoms with Crippen LogP contribution >= 0.6 is 0 Å². The van der Waals surface area contributed by atoms with E-state index in [1.54, 1.807) is 12.4 Å². The van der Waals surface area contributed by atoms with Crippen LogP contribution in [0.5, 0.6) is 11.5 Å². The highest BCUT2D eigenvalue weighted by Crippen LogP contribution is 2.46. The van der Waals surface area contributed by atoms with Crippen LogP contribution in [0.4, 0.5) is 11.4 Å². The largest absolute Gasteiger partial charge is 0.507 e. The Bertz CT molecular complexity index is 2080. The quantitative estimate of drug-likeness (QED) is 0.186. The molecule has 242 valence electrons. The fraction of sp³-hybridized carbons (Fsp3) is 0.227. The Labute approximate surface area is 284 Å². The number of hydrogen-bond donors (Lipinski definition) is 2. The molecule has 0 unspecified atom stereocenters. The molecule has 48 heavy (non-hydrogen) atoms. The molecule has 0 fully saturated rings. The smallest absolute Gasteiger partial charge is 0.127 e. The van der Waals surface area contributed by atoms with Gasteiger partial charge in [-0.05, 0) is 92.7 Å².